The monoisotopic (exact) mass is 247 g/mol. The molecule has 1 aliphatic rings. The summed E-state index contributed by atoms with van der Waals surface area (Å²) in [6, 6.07) is 6.11. The molecule has 0 bridgehead atoms. The number of aryl methyl sites for hydroxylation is 2. The summed E-state index contributed by atoms with van der Waals surface area (Å²) in [5.41, 5.74) is 8.56. The summed E-state index contributed by atoms with van der Waals surface area (Å²) in [7, 11) is 0. The number of fused-ring (bicyclic) bond motifs is 1. The molecule has 0 fully saturated rings. The molecular formula is C14H17NO3. The first-order valence-corrected chi connectivity index (χ1v) is 6.20. The molecule has 0 radical (unpaired) electrons. The van der Waals surface area contributed by atoms with Crippen LogP contribution in [0.3, 0.4) is 0 Å². The molecule has 1 aromatic carbocycles. The van der Waals surface area contributed by atoms with Crippen molar-refractivity contribution in [1.82, 2.24) is 0 Å². The molecule has 96 valence electrons. The summed E-state index contributed by atoms with van der Waals surface area (Å²) < 4.78 is 4.74. The van der Waals surface area contributed by atoms with Crippen LogP contribution in [0, 0.1) is 0 Å². The first-order valence-electron chi connectivity index (χ1n) is 6.20. The molecule has 2 rings (SSSR count). The fourth-order valence-electron chi connectivity index (χ4n) is 2.27. The number of rotatable bonds is 4. The molecular weight excluding hydrogens is 230 g/mol. The predicted octanol–water partition coefficient (Wildman–Crippen LogP) is 1.14. The van der Waals surface area contributed by atoms with Gasteiger partial charge in [-0.15, -0.1) is 0 Å². The van der Waals surface area contributed by atoms with Crippen LogP contribution in [0.4, 0.5) is 0 Å². The lowest BCUT2D eigenvalue weighted by Crippen LogP contribution is -2.21. The Bertz CT molecular complexity index is 468. The minimum atomic E-state index is -0.631. The number of nitrogens with two attached hydrogens (primary N) is 1. The second-order valence-corrected chi connectivity index (χ2v) is 4.61. The zero-order valence-corrected chi connectivity index (χ0v) is 10.3. The molecule has 0 saturated heterocycles. The summed E-state index contributed by atoms with van der Waals surface area (Å²) >= 11 is 0. The van der Waals surface area contributed by atoms with Crippen LogP contribution in [-0.4, -0.2) is 18.5 Å². The number of ether oxygens (including phenoxy) is 1. The van der Waals surface area contributed by atoms with Crippen molar-refractivity contribution in [3.8, 4) is 0 Å². The van der Waals surface area contributed by atoms with E-state index in [-0.39, 0.29) is 13.0 Å². The van der Waals surface area contributed by atoms with E-state index in [1.807, 2.05) is 6.07 Å². The Hall–Kier alpha value is -1.84. The molecule has 1 amide bonds. The van der Waals surface area contributed by atoms with Crippen molar-refractivity contribution in [2.24, 2.45) is 5.73 Å². The van der Waals surface area contributed by atoms with Crippen molar-refractivity contribution in [3.05, 3.63) is 34.9 Å². The van der Waals surface area contributed by atoms with Gasteiger partial charge in [-0.3, -0.25) is 9.59 Å². The third-order valence-corrected chi connectivity index (χ3v) is 3.14. The minimum Gasteiger partial charge on any atom is -0.455 e. The summed E-state index contributed by atoms with van der Waals surface area (Å²) in [6.45, 7) is -0.343. The second kappa shape index (κ2) is 5.67. The van der Waals surface area contributed by atoms with E-state index < -0.39 is 11.9 Å². The van der Waals surface area contributed by atoms with Crippen molar-refractivity contribution >= 4 is 11.9 Å². The fraction of sp³-hybridized carbons (Fsp3) is 0.429. The van der Waals surface area contributed by atoms with Gasteiger partial charge in [0.1, 0.15) is 0 Å². The lowest BCUT2D eigenvalue weighted by Gasteiger charge is -2.16. The Morgan fingerprint density at radius 3 is 2.61 bits per heavy atom. The third kappa shape index (κ3) is 3.32. The van der Waals surface area contributed by atoms with Crippen LogP contribution in [0.1, 0.15) is 29.5 Å². The van der Waals surface area contributed by atoms with Gasteiger partial charge in [-0.25, -0.2) is 0 Å². The van der Waals surface area contributed by atoms with Gasteiger partial charge in [-0.2, -0.15) is 0 Å². The van der Waals surface area contributed by atoms with Crippen molar-refractivity contribution in [1.29, 1.82) is 0 Å². The number of primary amides is 1. The van der Waals surface area contributed by atoms with Gasteiger partial charge in [0, 0.05) is 0 Å². The van der Waals surface area contributed by atoms with Crippen molar-refractivity contribution < 1.29 is 14.3 Å². The smallest absolute Gasteiger partial charge is 0.310 e. The molecule has 2 N–H and O–H groups in total. The minimum absolute atomic E-state index is 0.195. The van der Waals surface area contributed by atoms with E-state index in [1.54, 1.807) is 0 Å². The number of amides is 1. The topological polar surface area (TPSA) is 69.4 Å². The predicted molar refractivity (Wildman–Crippen MR) is 66.9 cm³/mol. The zero-order chi connectivity index (χ0) is 13.0. The van der Waals surface area contributed by atoms with Crippen LogP contribution in [0.25, 0.3) is 0 Å². The van der Waals surface area contributed by atoms with Crippen LogP contribution >= 0.6 is 0 Å². The van der Waals surface area contributed by atoms with Gasteiger partial charge in [-0.05, 0) is 42.4 Å². The van der Waals surface area contributed by atoms with Gasteiger partial charge in [0.2, 0.25) is 0 Å². The SMILES string of the molecule is NC(=O)COC(=O)Cc1ccc2c(c1)CCCC2. The molecule has 0 aromatic heterocycles. The fourth-order valence-corrected chi connectivity index (χ4v) is 2.27. The highest BCUT2D eigenvalue weighted by molar-refractivity contribution is 5.79. The van der Waals surface area contributed by atoms with Crippen LogP contribution < -0.4 is 5.73 Å². The molecule has 4 heteroatoms. The summed E-state index contributed by atoms with van der Waals surface area (Å²) in [6.07, 6.45) is 4.86. The molecule has 0 unspecified atom stereocenters. The molecule has 0 heterocycles. The van der Waals surface area contributed by atoms with Gasteiger partial charge in [0.15, 0.2) is 6.61 Å². The maximum Gasteiger partial charge on any atom is 0.310 e. The first kappa shape index (κ1) is 12.6. The Morgan fingerprint density at radius 2 is 1.89 bits per heavy atom. The van der Waals surface area contributed by atoms with Gasteiger partial charge >= 0.3 is 5.97 Å². The van der Waals surface area contributed by atoms with E-state index in [0.717, 1.165) is 18.4 Å². The summed E-state index contributed by atoms with van der Waals surface area (Å²) in [4.78, 5) is 21.9. The Morgan fingerprint density at radius 1 is 1.17 bits per heavy atom. The Balaban J connectivity index is 1.97. The number of hydrogen-bond acceptors (Lipinski definition) is 3. The van der Waals surface area contributed by atoms with Gasteiger partial charge in [0.05, 0.1) is 6.42 Å². The van der Waals surface area contributed by atoms with Crippen LogP contribution in [0.15, 0.2) is 18.2 Å². The molecule has 18 heavy (non-hydrogen) atoms. The third-order valence-electron chi connectivity index (χ3n) is 3.14. The quantitative estimate of drug-likeness (QED) is 0.811. The van der Waals surface area contributed by atoms with Gasteiger partial charge < -0.3 is 10.5 Å². The lowest BCUT2D eigenvalue weighted by molar-refractivity contribution is -0.147. The summed E-state index contributed by atoms with van der Waals surface area (Å²) in [5, 5.41) is 0. The first-order chi connectivity index (χ1) is 8.65. The Kier molecular flexibility index (Phi) is 3.97. The number of hydrogen-bond donors (Lipinski definition) is 1. The van der Waals surface area contributed by atoms with E-state index in [4.69, 9.17) is 10.5 Å². The number of carbonyl (C=O) groups excluding carboxylic acids is 2. The second-order valence-electron chi connectivity index (χ2n) is 4.61. The van der Waals surface area contributed by atoms with Crippen LogP contribution in [0.2, 0.25) is 0 Å². The van der Waals surface area contributed by atoms with Crippen molar-refractivity contribution in [2.45, 2.75) is 32.1 Å². The molecule has 1 aromatic rings. The standard InChI is InChI=1S/C14H17NO3/c15-13(16)9-18-14(17)8-10-5-6-11-3-1-2-4-12(11)7-10/h5-7H,1-4,8-9H2,(H2,15,16). The molecule has 0 spiro atoms. The highest BCUT2D eigenvalue weighted by Gasteiger charge is 2.12. The van der Waals surface area contributed by atoms with Crippen molar-refractivity contribution in [3.63, 3.8) is 0 Å². The average Bonchev–Trinajstić information content (AvgIpc) is 2.36. The normalized spacial score (nSPS) is 13.8. The lowest BCUT2D eigenvalue weighted by atomic mass is 9.90. The highest BCUT2D eigenvalue weighted by atomic mass is 16.5. The maximum atomic E-state index is 11.5. The number of benzene rings is 1. The highest BCUT2D eigenvalue weighted by Crippen LogP contribution is 2.22. The van der Waals surface area contributed by atoms with E-state index in [1.165, 1.54) is 24.0 Å². The van der Waals surface area contributed by atoms with Gasteiger partial charge in [-0.1, -0.05) is 18.2 Å². The molecule has 0 aliphatic heterocycles. The van der Waals surface area contributed by atoms with E-state index >= 15 is 0 Å². The van der Waals surface area contributed by atoms with Crippen LogP contribution in [-0.2, 0) is 33.6 Å². The largest absolute Gasteiger partial charge is 0.455 e. The van der Waals surface area contributed by atoms with Crippen molar-refractivity contribution in [2.75, 3.05) is 6.61 Å². The van der Waals surface area contributed by atoms with E-state index in [0.29, 0.717) is 0 Å². The average molecular weight is 247 g/mol. The van der Waals surface area contributed by atoms with E-state index in [2.05, 4.69) is 12.1 Å². The molecule has 1 aliphatic carbocycles. The summed E-state index contributed by atoms with van der Waals surface area (Å²) in [5.74, 6) is -1.04. The molecule has 4 nitrogen and oxygen atoms in total. The van der Waals surface area contributed by atoms with E-state index in [9.17, 15) is 9.59 Å². The number of esters is 1. The van der Waals surface area contributed by atoms with Crippen LogP contribution in [0.5, 0.6) is 0 Å². The molecule has 0 saturated carbocycles. The Labute approximate surface area is 106 Å². The zero-order valence-electron chi connectivity index (χ0n) is 10.3. The maximum absolute atomic E-state index is 11.5. The van der Waals surface area contributed by atoms with Gasteiger partial charge in [0.25, 0.3) is 5.91 Å². The number of carbonyl (C=O) groups is 2. The molecule has 0 atom stereocenters.